The van der Waals surface area contributed by atoms with Crippen molar-refractivity contribution in [2.75, 3.05) is 18.5 Å². The predicted molar refractivity (Wildman–Crippen MR) is 88.8 cm³/mol. The Kier molecular flexibility index (Phi) is 4.37. The molecule has 1 aliphatic rings. The largest absolute Gasteiger partial charge is 0.357 e. The molecule has 114 valence electrons. The zero-order chi connectivity index (χ0) is 14.8. The number of hydrogen-bond acceptors (Lipinski definition) is 6. The third-order valence-corrected chi connectivity index (χ3v) is 4.78. The lowest BCUT2D eigenvalue weighted by molar-refractivity contribution is 0.509. The van der Waals surface area contributed by atoms with Crippen molar-refractivity contribution < 1.29 is 0 Å². The summed E-state index contributed by atoms with van der Waals surface area (Å²) in [5.74, 6) is 1.88. The van der Waals surface area contributed by atoms with Crippen molar-refractivity contribution in [3.63, 3.8) is 0 Å². The van der Waals surface area contributed by atoms with Gasteiger partial charge in [0.2, 0.25) is 0 Å². The summed E-state index contributed by atoms with van der Waals surface area (Å²) in [5, 5.41) is 3.24. The maximum Gasteiger partial charge on any atom is 0.140 e. The molecule has 2 N–H and O–H groups in total. The van der Waals surface area contributed by atoms with Crippen molar-refractivity contribution in [2.45, 2.75) is 45.2 Å². The number of nitrogens with one attached hydrogen (secondary N) is 2. The van der Waals surface area contributed by atoms with E-state index in [0.717, 1.165) is 28.4 Å². The maximum absolute atomic E-state index is 4.64. The van der Waals surface area contributed by atoms with Gasteiger partial charge in [0.25, 0.3) is 0 Å². The summed E-state index contributed by atoms with van der Waals surface area (Å²) >= 11 is 1.68. The predicted octanol–water partition coefficient (Wildman–Crippen LogP) is 2.47. The fraction of sp³-hybridized carbons (Fsp3) is 0.600. The van der Waals surface area contributed by atoms with Crippen molar-refractivity contribution in [3.05, 3.63) is 17.3 Å². The van der Waals surface area contributed by atoms with Crippen LogP contribution in [0.2, 0.25) is 0 Å². The molecule has 0 aliphatic carbocycles. The first-order chi connectivity index (χ1) is 10.2. The number of fused-ring (bicyclic) bond motifs is 1. The van der Waals surface area contributed by atoms with Crippen LogP contribution in [0.15, 0.2) is 11.4 Å². The third kappa shape index (κ3) is 3.17. The Hall–Kier alpha value is -1.24. The van der Waals surface area contributed by atoms with E-state index in [4.69, 9.17) is 0 Å². The Labute approximate surface area is 129 Å². The summed E-state index contributed by atoms with van der Waals surface area (Å²) in [7, 11) is 2.12. The molecule has 1 fully saturated rings. The van der Waals surface area contributed by atoms with E-state index in [0.29, 0.717) is 12.1 Å². The number of thiophene rings is 1. The average Bonchev–Trinajstić information content (AvgIpc) is 3.07. The molecule has 0 aromatic carbocycles. The Morgan fingerprint density at radius 1 is 1.33 bits per heavy atom. The summed E-state index contributed by atoms with van der Waals surface area (Å²) in [5.41, 5.74) is 6.82. The van der Waals surface area contributed by atoms with Crippen LogP contribution in [0.4, 0.5) is 5.82 Å². The van der Waals surface area contributed by atoms with E-state index in [1.807, 2.05) is 6.92 Å². The molecule has 0 radical (unpaired) electrons. The molecular weight excluding hydrogens is 282 g/mol. The fourth-order valence-corrected chi connectivity index (χ4v) is 3.81. The Bertz CT molecular complexity index is 611. The summed E-state index contributed by atoms with van der Waals surface area (Å²) < 4.78 is 0. The molecule has 2 aromatic heterocycles. The van der Waals surface area contributed by atoms with E-state index in [1.165, 1.54) is 19.3 Å². The lowest BCUT2D eigenvalue weighted by atomic mass is 10.1. The maximum atomic E-state index is 4.64. The van der Waals surface area contributed by atoms with Crippen molar-refractivity contribution >= 4 is 27.4 Å². The standard InChI is InChI=1S/C15H23N5S/c1-4-5-11-8-12(19-18-11)9-20(3)14-13-6-7-21-15(13)17-10(2)16-14/h6-7,11-12,18-19H,4-5,8-9H2,1-3H3. The first-order valence-electron chi connectivity index (χ1n) is 7.61. The highest BCUT2D eigenvalue weighted by atomic mass is 32.1. The molecule has 5 nitrogen and oxygen atoms in total. The molecule has 2 aromatic rings. The summed E-state index contributed by atoms with van der Waals surface area (Å²) in [6, 6.07) is 3.18. The van der Waals surface area contributed by atoms with E-state index in [-0.39, 0.29) is 0 Å². The molecule has 2 atom stereocenters. The van der Waals surface area contributed by atoms with Gasteiger partial charge in [-0.15, -0.1) is 11.3 Å². The number of rotatable bonds is 5. The number of hydrazine groups is 1. The summed E-state index contributed by atoms with van der Waals surface area (Å²) in [4.78, 5) is 12.5. The Morgan fingerprint density at radius 3 is 2.95 bits per heavy atom. The van der Waals surface area contributed by atoms with E-state index in [2.05, 4.69) is 51.1 Å². The molecule has 1 saturated heterocycles. The van der Waals surface area contributed by atoms with E-state index < -0.39 is 0 Å². The van der Waals surface area contributed by atoms with Crippen LogP contribution in [0.3, 0.4) is 0 Å². The van der Waals surface area contributed by atoms with Crippen LogP contribution in [0.1, 0.15) is 32.0 Å². The molecular formula is C15H23N5S. The number of nitrogens with zero attached hydrogens (tertiary/aromatic N) is 3. The van der Waals surface area contributed by atoms with Gasteiger partial charge in [-0.25, -0.2) is 9.97 Å². The van der Waals surface area contributed by atoms with Gasteiger partial charge in [-0.3, -0.25) is 10.9 Å². The van der Waals surface area contributed by atoms with Gasteiger partial charge >= 0.3 is 0 Å². The normalized spacial score (nSPS) is 22.0. The zero-order valence-corrected chi connectivity index (χ0v) is 13.7. The molecule has 0 saturated carbocycles. The van der Waals surface area contributed by atoms with Crippen LogP contribution in [0.5, 0.6) is 0 Å². The molecule has 0 spiro atoms. The molecule has 3 heterocycles. The van der Waals surface area contributed by atoms with Gasteiger partial charge in [-0.05, 0) is 31.2 Å². The van der Waals surface area contributed by atoms with Crippen LogP contribution in [0, 0.1) is 6.92 Å². The first kappa shape index (κ1) is 14.7. The zero-order valence-electron chi connectivity index (χ0n) is 12.9. The fourth-order valence-electron chi connectivity index (χ4n) is 3.01. The molecule has 21 heavy (non-hydrogen) atoms. The van der Waals surface area contributed by atoms with Crippen molar-refractivity contribution in [1.82, 2.24) is 20.8 Å². The highest BCUT2D eigenvalue weighted by Gasteiger charge is 2.24. The second kappa shape index (κ2) is 6.25. The van der Waals surface area contributed by atoms with E-state index in [9.17, 15) is 0 Å². The van der Waals surface area contributed by atoms with E-state index >= 15 is 0 Å². The van der Waals surface area contributed by atoms with Gasteiger partial charge in [0.05, 0.1) is 5.39 Å². The third-order valence-electron chi connectivity index (χ3n) is 3.97. The lowest BCUT2D eigenvalue weighted by Gasteiger charge is -2.22. The number of anilines is 1. The number of likely N-dealkylation sites (N-methyl/N-ethyl adjacent to an activating group) is 1. The summed E-state index contributed by atoms with van der Waals surface area (Å²) in [6.07, 6.45) is 3.63. The van der Waals surface area contributed by atoms with Gasteiger partial charge in [0, 0.05) is 25.7 Å². The number of hydrogen-bond donors (Lipinski definition) is 2. The topological polar surface area (TPSA) is 53.1 Å². The average molecular weight is 305 g/mol. The van der Waals surface area contributed by atoms with Crippen LogP contribution in [-0.2, 0) is 0 Å². The highest BCUT2D eigenvalue weighted by molar-refractivity contribution is 7.16. The Balaban J connectivity index is 1.72. The molecule has 6 heteroatoms. The number of aromatic nitrogens is 2. The molecule has 0 amide bonds. The quantitative estimate of drug-likeness (QED) is 0.889. The molecule has 2 unspecified atom stereocenters. The molecule has 3 rings (SSSR count). The van der Waals surface area contributed by atoms with Crippen LogP contribution >= 0.6 is 11.3 Å². The van der Waals surface area contributed by atoms with Crippen LogP contribution < -0.4 is 15.8 Å². The van der Waals surface area contributed by atoms with Gasteiger partial charge < -0.3 is 4.90 Å². The van der Waals surface area contributed by atoms with E-state index in [1.54, 1.807) is 11.3 Å². The second-order valence-corrected chi connectivity index (χ2v) is 6.72. The minimum atomic E-state index is 0.468. The molecule has 0 bridgehead atoms. The molecule has 1 aliphatic heterocycles. The summed E-state index contributed by atoms with van der Waals surface area (Å²) in [6.45, 7) is 5.15. The van der Waals surface area contributed by atoms with Crippen LogP contribution in [0.25, 0.3) is 10.2 Å². The Morgan fingerprint density at radius 2 is 2.14 bits per heavy atom. The van der Waals surface area contributed by atoms with Gasteiger partial charge in [0.15, 0.2) is 0 Å². The van der Waals surface area contributed by atoms with Crippen molar-refractivity contribution in [1.29, 1.82) is 0 Å². The van der Waals surface area contributed by atoms with Gasteiger partial charge in [-0.2, -0.15) is 0 Å². The van der Waals surface area contributed by atoms with Gasteiger partial charge in [-0.1, -0.05) is 13.3 Å². The lowest BCUT2D eigenvalue weighted by Crippen LogP contribution is -2.39. The number of aryl methyl sites for hydroxylation is 1. The van der Waals surface area contributed by atoms with Crippen molar-refractivity contribution in [2.24, 2.45) is 0 Å². The van der Waals surface area contributed by atoms with Crippen LogP contribution in [-0.4, -0.2) is 35.6 Å². The smallest absolute Gasteiger partial charge is 0.140 e. The minimum Gasteiger partial charge on any atom is -0.357 e. The highest BCUT2D eigenvalue weighted by Crippen LogP contribution is 2.27. The monoisotopic (exact) mass is 305 g/mol. The first-order valence-corrected chi connectivity index (χ1v) is 8.49. The second-order valence-electron chi connectivity index (χ2n) is 5.82. The minimum absolute atomic E-state index is 0.468. The van der Waals surface area contributed by atoms with Gasteiger partial charge in [0.1, 0.15) is 16.5 Å². The van der Waals surface area contributed by atoms with Crippen molar-refractivity contribution in [3.8, 4) is 0 Å². The SMILES string of the molecule is CCCC1CC(CN(C)c2nc(C)nc3sccc23)NN1.